The molecule has 2 N–H and O–H groups in total. The number of guanidine groups is 1. The molecule has 1 unspecified atom stereocenters. The number of rotatable bonds is 7. The molecule has 0 spiro atoms. The Morgan fingerprint density at radius 1 is 1.17 bits per heavy atom. The standard InChI is InChI=1S/C19H29F2N5O3/c1-13(26-6-4-25(3)5-7-26)10-23-19(22-2)24-11-14-8-16-17(28-12-27-16)9-15(14)29-18(20)21/h8-9,13,18H,4-7,10-12H2,1-3H3,(H2,22,23,24). The van der Waals surface area contributed by atoms with E-state index in [9.17, 15) is 8.78 Å². The molecule has 0 aromatic heterocycles. The molecule has 0 radical (unpaired) electrons. The maximum absolute atomic E-state index is 12.8. The normalized spacial score (nSPS) is 18.8. The van der Waals surface area contributed by atoms with Gasteiger partial charge in [-0.3, -0.25) is 9.89 Å². The highest BCUT2D eigenvalue weighted by molar-refractivity contribution is 5.79. The van der Waals surface area contributed by atoms with Crippen molar-refractivity contribution in [2.24, 2.45) is 4.99 Å². The van der Waals surface area contributed by atoms with Crippen LogP contribution in [-0.4, -0.2) is 82.0 Å². The second kappa shape index (κ2) is 9.93. The zero-order valence-corrected chi connectivity index (χ0v) is 17.1. The van der Waals surface area contributed by atoms with E-state index >= 15 is 0 Å². The Morgan fingerprint density at radius 3 is 2.52 bits per heavy atom. The number of nitrogens with one attached hydrogen (secondary N) is 2. The number of halogens is 2. The molecule has 1 fully saturated rings. The average Bonchev–Trinajstić information content (AvgIpc) is 3.15. The van der Waals surface area contributed by atoms with Crippen molar-refractivity contribution in [1.29, 1.82) is 0 Å². The highest BCUT2D eigenvalue weighted by Gasteiger charge is 2.21. The lowest BCUT2D eigenvalue weighted by Gasteiger charge is -2.36. The fraction of sp³-hybridized carbons (Fsp3) is 0.632. The topological polar surface area (TPSA) is 70.6 Å². The Labute approximate surface area is 169 Å². The van der Waals surface area contributed by atoms with Gasteiger partial charge >= 0.3 is 6.61 Å². The molecular formula is C19H29F2N5O3. The summed E-state index contributed by atoms with van der Waals surface area (Å²) in [5, 5.41) is 6.45. The van der Waals surface area contributed by atoms with Crippen molar-refractivity contribution in [2.45, 2.75) is 26.1 Å². The number of ether oxygens (including phenoxy) is 3. The van der Waals surface area contributed by atoms with Crippen LogP contribution in [-0.2, 0) is 6.54 Å². The van der Waals surface area contributed by atoms with Gasteiger partial charge in [-0.15, -0.1) is 0 Å². The first kappa shape index (κ1) is 21.4. The first-order valence-corrected chi connectivity index (χ1v) is 9.70. The second-order valence-corrected chi connectivity index (χ2v) is 7.19. The highest BCUT2D eigenvalue weighted by Crippen LogP contribution is 2.38. The number of hydrogen-bond acceptors (Lipinski definition) is 6. The lowest BCUT2D eigenvalue weighted by atomic mass is 10.1. The van der Waals surface area contributed by atoms with Crippen molar-refractivity contribution in [2.75, 3.05) is 53.6 Å². The van der Waals surface area contributed by atoms with Crippen LogP contribution in [0.2, 0.25) is 0 Å². The van der Waals surface area contributed by atoms with Crippen LogP contribution >= 0.6 is 0 Å². The lowest BCUT2D eigenvalue weighted by Crippen LogP contribution is -2.52. The van der Waals surface area contributed by atoms with Gasteiger partial charge in [0.05, 0.1) is 0 Å². The van der Waals surface area contributed by atoms with Gasteiger partial charge in [-0.1, -0.05) is 0 Å². The van der Waals surface area contributed by atoms with Gasteiger partial charge in [0.25, 0.3) is 0 Å². The summed E-state index contributed by atoms with van der Waals surface area (Å²) in [7, 11) is 3.81. The van der Waals surface area contributed by atoms with Crippen LogP contribution in [0.4, 0.5) is 8.78 Å². The Balaban J connectivity index is 1.55. The van der Waals surface area contributed by atoms with Crippen molar-refractivity contribution in [3.8, 4) is 17.2 Å². The summed E-state index contributed by atoms with van der Waals surface area (Å²) in [4.78, 5) is 8.98. The third-order valence-electron chi connectivity index (χ3n) is 5.17. The van der Waals surface area contributed by atoms with Crippen LogP contribution in [0, 0.1) is 0 Å². The van der Waals surface area contributed by atoms with E-state index in [0.29, 0.717) is 29.1 Å². The summed E-state index contributed by atoms with van der Waals surface area (Å²) in [6, 6.07) is 3.43. The molecule has 29 heavy (non-hydrogen) atoms. The molecule has 1 aromatic carbocycles. The van der Waals surface area contributed by atoms with E-state index in [0.717, 1.165) is 32.7 Å². The van der Waals surface area contributed by atoms with Gasteiger partial charge in [0.2, 0.25) is 6.79 Å². The van der Waals surface area contributed by atoms with Crippen molar-refractivity contribution in [3.63, 3.8) is 0 Å². The predicted octanol–water partition coefficient (Wildman–Crippen LogP) is 1.32. The van der Waals surface area contributed by atoms with Gasteiger partial charge in [0.15, 0.2) is 17.5 Å². The quantitative estimate of drug-likeness (QED) is 0.516. The maximum Gasteiger partial charge on any atom is 0.387 e. The molecule has 2 aliphatic heterocycles. The first-order chi connectivity index (χ1) is 14.0. The molecule has 2 heterocycles. The fourth-order valence-corrected chi connectivity index (χ4v) is 3.34. The van der Waals surface area contributed by atoms with Crippen molar-refractivity contribution < 1.29 is 23.0 Å². The van der Waals surface area contributed by atoms with E-state index in [-0.39, 0.29) is 19.1 Å². The number of likely N-dealkylation sites (N-methyl/N-ethyl adjacent to an activating group) is 1. The van der Waals surface area contributed by atoms with Crippen molar-refractivity contribution in [3.05, 3.63) is 17.7 Å². The van der Waals surface area contributed by atoms with Crippen LogP contribution in [0.1, 0.15) is 12.5 Å². The van der Waals surface area contributed by atoms with Crippen LogP contribution < -0.4 is 24.8 Å². The molecule has 1 atom stereocenters. The van der Waals surface area contributed by atoms with Crippen LogP contribution in [0.3, 0.4) is 0 Å². The SMILES string of the molecule is CN=C(NCc1cc2c(cc1OC(F)F)OCO2)NCC(C)N1CCN(C)CC1. The number of fused-ring (bicyclic) bond motifs is 1. The Kier molecular flexibility index (Phi) is 7.32. The second-order valence-electron chi connectivity index (χ2n) is 7.19. The van der Waals surface area contributed by atoms with E-state index in [2.05, 4.69) is 44.1 Å². The van der Waals surface area contributed by atoms with E-state index in [1.54, 1.807) is 13.1 Å². The minimum atomic E-state index is -2.92. The lowest BCUT2D eigenvalue weighted by molar-refractivity contribution is -0.0505. The summed E-state index contributed by atoms with van der Waals surface area (Å²) < 4.78 is 40.8. The molecular weight excluding hydrogens is 384 g/mol. The predicted molar refractivity (Wildman–Crippen MR) is 106 cm³/mol. The van der Waals surface area contributed by atoms with Crippen molar-refractivity contribution in [1.82, 2.24) is 20.4 Å². The van der Waals surface area contributed by atoms with Crippen molar-refractivity contribution >= 4 is 5.96 Å². The fourth-order valence-electron chi connectivity index (χ4n) is 3.34. The summed E-state index contributed by atoms with van der Waals surface area (Å²) in [6.07, 6.45) is 0. The highest BCUT2D eigenvalue weighted by atomic mass is 19.3. The number of hydrogen-bond donors (Lipinski definition) is 2. The zero-order chi connectivity index (χ0) is 20.8. The van der Waals surface area contributed by atoms with Gasteiger partial charge in [0, 0.05) is 64.0 Å². The Hall–Kier alpha value is -2.33. The van der Waals surface area contributed by atoms with Crippen LogP contribution in [0.5, 0.6) is 17.2 Å². The smallest absolute Gasteiger partial charge is 0.387 e. The van der Waals surface area contributed by atoms with E-state index < -0.39 is 6.61 Å². The summed E-state index contributed by atoms with van der Waals surface area (Å²) in [5.41, 5.74) is 0.532. The molecule has 0 amide bonds. The minimum absolute atomic E-state index is 0.0537. The third-order valence-corrected chi connectivity index (χ3v) is 5.17. The number of alkyl halides is 2. The largest absolute Gasteiger partial charge is 0.454 e. The number of benzene rings is 1. The third kappa shape index (κ3) is 5.83. The van der Waals surface area contributed by atoms with E-state index in [4.69, 9.17) is 9.47 Å². The molecule has 8 nitrogen and oxygen atoms in total. The number of nitrogens with zero attached hydrogens (tertiary/aromatic N) is 3. The Morgan fingerprint density at radius 2 is 1.86 bits per heavy atom. The maximum atomic E-state index is 12.8. The van der Waals surface area contributed by atoms with E-state index in [1.165, 1.54) is 6.07 Å². The molecule has 2 aliphatic rings. The summed E-state index contributed by atoms with van der Waals surface area (Å²) in [6.45, 7) is 4.50. The van der Waals surface area contributed by atoms with Gasteiger partial charge in [-0.25, -0.2) is 0 Å². The number of piperazine rings is 1. The molecule has 3 rings (SSSR count). The van der Waals surface area contributed by atoms with Gasteiger partial charge in [-0.05, 0) is 20.0 Å². The first-order valence-electron chi connectivity index (χ1n) is 9.70. The molecule has 0 aliphatic carbocycles. The summed E-state index contributed by atoms with van der Waals surface area (Å²) in [5.74, 6) is 1.55. The van der Waals surface area contributed by atoms with Crippen LogP contribution in [0.25, 0.3) is 0 Å². The number of aliphatic imine (C=N–C) groups is 1. The van der Waals surface area contributed by atoms with Gasteiger partial charge in [0.1, 0.15) is 5.75 Å². The summed E-state index contributed by atoms with van der Waals surface area (Å²) >= 11 is 0. The molecule has 0 bridgehead atoms. The minimum Gasteiger partial charge on any atom is -0.454 e. The van der Waals surface area contributed by atoms with Crippen LogP contribution in [0.15, 0.2) is 17.1 Å². The van der Waals surface area contributed by atoms with Gasteiger partial charge < -0.3 is 29.7 Å². The van der Waals surface area contributed by atoms with E-state index in [1.807, 2.05) is 0 Å². The molecule has 1 saturated heterocycles. The van der Waals surface area contributed by atoms with Gasteiger partial charge in [-0.2, -0.15) is 8.78 Å². The monoisotopic (exact) mass is 413 g/mol. The zero-order valence-electron chi connectivity index (χ0n) is 17.1. The molecule has 0 saturated carbocycles. The molecule has 10 heteroatoms. The molecule has 1 aromatic rings. The Bertz CT molecular complexity index is 711. The molecule has 162 valence electrons. The average molecular weight is 413 g/mol.